The maximum atomic E-state index is 13.9. The third-order valence-electron chi connectivity index (χ3n) is 3.68. The minimum Gasteiger partial charge on any atom is -0.436 e. The van der Waals surface area contributed by atoms with Crippen molar-refractivity contribution in [3.63, 3.8) is 0 Å². The minimum absolute atomic E-state index is 0.106. The lowest BCUT2D eigenvalue weighted by molar-refractivity contribution is 0.578. The predicted octanol–water partition coefficient (Wildman–Crippen LogP) is 5.58. The number of rotatable bonds is 2. The highest BCUT2D eigenvalue weighted by Gasteiger charge is 2.12. The number of benzene rings is 3. The summed E-state index contributed by atoms with van der Waals surface area (Å²) < 4.78 is 46.2. The second kappa shape index (κ2) is 5.53. The first-order valence-corrected chi connectivity index (χ1v) is 7.22. The lowest BCUT2D eigenvalue weighted by Gasteiger charge is -2.02. The van der Waals surface area contributed by atoms with Gasteiger partial charge in [0, 0.05) is 17.2 Å². The van der Waals surface area contributed by atoms with Gasteiger partial charge in [0.2, 0.25) is 5.89 Å². The molecule has 0 saturated heterocycles. The van der Waals surface area contributed by atoms with Crippen LogP contribution in [-0.4, -0.2) is 4.98 Å². The molecule has 0 aliphatic carbocycles. The Bertz CT molecular complexity index is 1040. The van der Waals surface area contributed by atoms with Crippen molar-refractivity contribution >= 4 is 11.1 Å². The number of hydrogen-bond acceptors (Lipinski definition) is 2. The highest BCUT2D eigenvalue weighted by atomic mass is 19.1. The quantitative estimate of drug-likeness (QED) is 0.481. The number of aromatic nitrogens is 1. The SMILES string of the molecule is Fc1cc(F)cc(-c2nc3ccc(-c4ccccc4F)cc3o2)c1. The molecule has 1 aromatic heterocycles. The third-order valence-corrected chi connectivity index (χ3v) is 3.68. The fourth-order valence-electron chi connectivity index (χ4n) is 2.59. The maximum Gasteiger partial charge on any atom is 0.227 e. The summed E-state index contributed by atoms with van der Waals surface area (Å²) in [6.45, 7) is 0. The average molecular weight is 325 g/mol. The van der Waals surface area contributed by atoms with E-state index in [2.05, 4.69) is 4.98 Å². The van der Waals surface area contributed by atoms with Crippen LogP contribution in [-0.2, 0) is 0 Å². The summed E-state index contributed by atoms with van der Waals surface area (Å²) in [5.41, 5.74) is 2.21. The highest BCUT2D eigenvalue weighted by molar-refractivity contribution is 5.82. The van der Waals surface area contributed by atoms with E-state index in [-0.39, 0.29) is 17.3 Å². The Kier molecular flexibility index (Phi) is 3.34. The average Bonchev–Trinajstić information content (AvgIpc) is 2.97. The van der Waals surface area contributed by atoms with E-state index in [0.29, 0.717) is 22.2 Å². The van der Waals surface area contributed by atoms with Gasteiger partial charge in [0.1, 0.15) is 23.0 Å². The molecule has 0 radical (unpaired) electrons. The van der Waals surface area contributed by atoms with Crippen LogP contribution in [0, 0.1) is 17.5 Å². The second-order valence-electron chi connectivity index (χ2n) is 5.34. The van der Waals surface area contributed by atoms with Crippen molar-refractivity contribution in [2.24, 2.45) is 0 Å². The van der Waals surface area contributed by atoms with E-state index in [1.54, 1.807) is 36.4 Å². The van der Waals surface area contributed by atoms with Gasteiger partial charge in [0.05, 0.1) is 0 Å². The smallest absolute Gasteiger partial charge is 0.227 e. The molecule has 4 rings (SSSR count). The summed E-state index contributed by atoms with van der Waals surface area (Å²) in [5.74, 6) is -1.66. The molecule has 0 aliphatic rings. The molecule has 0 spiro atoms. The first-order chi connectivity index (χ1) is 11.6. The van der Waals surface area contributed by atoms with E-state index in [1.807, 2.05) is 0 Å². The minimum atomic E-state index is -0.709. The first-order valence-electron chi connectivity index (χ1n) is 7.22. The molecule has 0 bridgehead atoms. The lowest BCUT2D eigenvalue weighted by atomic mass is 10.1. The van der Waals surface area contributed by atoms with Crippen molar-refractivity contribution in [3.05, 3.63) is 78.1 Å². The van der Waals surface area contributed by atoms with Crippen LogP contribution >= 0.6 is 0 Å². The standard InChI is InChI=1S/C19H10F3NO/c20-13-7-12(8-14(21)10-13)19-23-17-6-5-11(9-18(17)24-19)15-3-1-2-4-16(15)22/h1-10H. The lowest BCUT2D eigenvalue weighted by Crippen LogP contribution is -1.83. The van der Waals surface area contributed by atoms with Crippen LogP contribution < -0.4 is 0 Å². The van der Waals surface area contributed by atoms with Gasteiger partial charge < -0.3 is 4.42 Å². The molecule has 0 unspecified atom stereocenters. The number of nitrogens with zero attached hydrogens (tertiary/aromatic N) is 1. The van der Waals surface area contributed by atoms with Crippen molar-refractivity contribution < 1.29 is 17.6 Å². The summed E-state index contributed by atoms with van der Waals surface area (Å²) >= 11 is 0. The van der Waals surface area contributed by atoms with Gasteiger partial charge in [-0.1, -0.05) is 24.3 Å². The molecule has 0 aliphatic heterocycles. The molecular weight excluding hydrogens is 315 g/mol. The summed E-state index contributed by atoms with van der Waals surface area (Å²) in [6.07, 6.45) is 0. The summed E-state index contributed by atoms with van der Waals surface area (Å²) in [4.78, 5) is 4.23. The largest absolute Gasteiger partial charge is 0.436 e. The van der Waals surface area contributed by atoms with E-state index in [0.717, 1.165) is 18.2 Å². The molecule has 3 aromatic carbocycles. The van der Waals surface area contributed by atoms with E-state index in [4.69, 9.17) is 4.42 Å². The highest BCUT2D eigenvalue weighted by Crippen LogP contribution is 2.30. The normalized spacial score (nSPS) is 11.1. The Balaban J connectivity index is 1.83. The maximum absolute atomic E-state index is 13.9. The predicted molar refractivity (Wildman–Crippen MR) is 84.8 cm³/mol. The second-order valence-corrected chi connectivity index (χ2v) is 5.34. The van der Waals surface area contributed by atoms with Crippen LogP contribution in [0.15, 0.2) is 65.1 Å². The molecule has 0 fully saturated rings. The summed E-state index contributed by atoms with van der Waals surface area (Å²) in [5, 5.41) is 0. The molecule has 4 aromatic rings. The van der Waals surface area contributed by atoms with E-state index in [1.165, 1.54) is 6.07 Å². The Hall–Kier alpha value is -3.08. The van der Waals surface area contributed by atoms with Crippen LogP contribution in [0.25, 0.3) is 33.7 Å². The topological polar surface area (TPSA) is 26.0 Å². The first kappa shape index (κ1) is 14.5. The Morgan fingerprint density at radius 3 is 2.25 bits per heavy atom. The Morgan fingerprint density at radius 2 is 1.50 bits per heavy atom. The monoisotopic (exact) mass is 325 g/mol. The van der Waals surface area contributed by atoms with Gasteiger partial charge in [-0.05, 0) is 35.9 Å². The van der Waals surface area contributed by atoms with Crippen molar-refractivity contribution in [1.82, 2.24) is 4.98 Å². The number of fused-ring (bicyclic) bond motifs is 1. The summed E-state index contributed by atoms with van der Waals surface area (Å²) in [6, 6.07) is 14.5. The van der Waals surface area contributed by atoms with Crippen LogP contribution in [0.5, 0.6) is 0 Å². The number of halogens is 3. The molecule has 0 atom stereocenters. The fraction of sp³-hybridized carbons (Fsp3) is 0. The Labute approximate surface area is 135 Å². The molecular formula is C19H10F3NO. The van der Waals surface area contributed by atoms with E-state index >= 15 is 0 Å². The van der Waals surface area contributed by atoms with Crippen LogP contribution in [0.1, 0.15) is 0 Å². The van der Waals surface area contributed by atoms with Crippen LogP contribution in [0.3, 0.4) is 0 Å². The molecule has 1 heterocycles. The fourth-order valence-corrected chi connectivity index (χ4v) is 2.59. The van der Waals surface area contributed by atoms with E-state index in [9.17, 15) is 13.2 Å². The van der Waals surface area contributed by atoms with Crippen molar-refractivity contribution in [2.45, 2.75) is 0 Å². The molecule has 118 valence electrons. The van der Waals surface area contributed by atoms with E-state index < -0.39 is 11.6 Å². The van der Waals surface area contributed by atoms with Gasteiger partial charge in [-0.25, -0.2) is 18.2 Å². The summed E-state index contributed by atoms with van der Waals surface area (Å²) in [7, 11) is 0. The molecule has 0 amide bonds. The zero-order valence-corrected chi connectivity index (χ0v) is 12.3. The van der Waals surface area contributed by atoms with Crippen molar-refractivity contribution in [1.29, 1.82) is 0 Å². The van der Waals surface area contributed by atoms with Crippen LogP contribution in [0.2, 0.25) is 0 Å². The van der Waals surface area contributed by atoms with Gasteiger partial charge >= 0.3 is 0 Å². The van der Waals surface area contributed by atoms with Gasteiger partial charge in [0.15, 0.2) is 5.58 Å². The van der Waals surface area contributed by atoms with Crippen molar-refractivity contribution in [2.75, 3.05) is 0 Å². The van der Waals surface area contributed by atoms with Crippen LogP contribution in [0.4, 0.5) is 13.2 Å². The zero-order valence-electron chi connectivity index (χ0n) is 12.3. The Morgan fingerprint density at radius 1 is 0.750 bits per heavy atom. The molecule has 2 nitrogen and oxygen atoms in total. The van der Waals surface area contributed by atoms with Gasteiger partial charge in [-0.15, -0.1) is 0 Å². The van der Waals surface area contributed by atoms with Gasteiger partial charge in [-0.2, -0.15) is 0 Å². The molecule has 0 N–H and O–H groups in total. The van der Waals surface area contributed by atoms with Gasteiger partial charge in [0.25, 0.3) is 0 Å². The number of oxazole rings is 1. The van der Waals surface area contributed by atoms with Crippen molar-refractivity contribution in [3.8, 4) is 22.6 Å². The third kappa shape index (κ3) is 2.54. The molecule has 0 saturated carbocycles. The molecule has 24 heavy (non-hydrogen) atoms. The molecule has 5 heteroatoms. The zero-order chi connectivity index (χ0) is 16.7. The number of hydrogen-bond donors (Lipinski definition) is 0. The van der Waals surface area contributed by atoms with Gasteiger partial charge in [-0.3, -0.25) is 0 Å².